The summed E-state index contributed by atoms with van der Waals surface area (Å²) in [5.74, 6) is 0.526. The quantitative estimate of drug-likeness (QED) is 0.834. The number of pyridine rings is 1. The summed E-state index contributed by atoms with van der Waals surface area (Å²) in [6.45, 7) is 1.68. The second-order valence-electron chi connectivity index (χ2n) is 3.61. The highest BCUT2D eigenvalue weighted by atomic mass is 35.5. The molecule has 0 saturated heterocycles. The fourth-order valence-corrected chi connectivity index (χ4v) is 3.10. The van der Waals surface area contributed by atoms with Crippen LogP contribution in [0.4, 0.5) is 0 Å². The summed E-state index contributed by atoms with van der Waals surface area (Å²) >= 11 is 5.76. The van der Waals surface area contributed by atoms with E-state index in [1.807, 2.05) is 0 Å². The minimum Gasteiger partial charge on any atom is -0.347 e. The number of H-pyrrole nitrogens is 1. The van der Waals surface area contributed by atoms with E-state index in [4.69, 9.17) is 11.6 Å². The zero-order valence-corrected chi connectivity index (χ0v) is 11.0. The van der Waals surface area contributed by atoms with Crippen LogP contribution in [0.25, 0.3) is 0 Å². The Bertz CT molecular complexity index is 627. The zero-order chi connectivity index (χ0) is 13.2. The van der Waals surface area contributed by atoms with E-state index in [2.05, 4.69) is 19.7 Å². The van der Waals surface area contributed by atoms with Crippen LogP contribution in [0.5, 0.6) is 0 Å². The van der Waals surface area contributed by atoms with E-state index in [-0.39, 0.29) is 10.0 Å². The molecule has 0 fully saturated rings. The SMILES string of the molecule is CC(NS(=O)(=O)c1cccnc1Cl)c1ncc[nH]1. The normalized spacial score (nSPS) is 13.4. The van der Waals surface area contributed by atoms with Crippen LogP contribution >= 0.6 is 11.6 Å². The van der Waals surface area contributed by atoms with Gasteiger partial charge in [-0.1, -0.05) is 11.6 Å². The standard InChI is InChI=1S/C10H11ClN4O2S/c1-7(10-13-5-6-14-10)15-18(16,17)8-3-2-4-12-9(8)11/h2-7,15H,1H3,(H,13,14). The van der Waals surface area contributed by atoms with Gasteiger partial charge in [0, 0.05) is 18.6 Å². The molecule has 2 aromatic rings. The maximum absolute atomic E-state index is 12.1. The Morgan fingerprint density at radius 1 is 1.39 bits per heavy atom. The molecular weight excluding hydrogens is 276 g/mol. The van der Waals surface area contributed by atoms with Gasteiger partial charge in [0.1, 0.15) is 15.9 Å². The van der Waals surface area contributed by atoms with E-state index in [0.29, 0.717) is 5.82 Å². The van der Waals surface area contributed by atoms with Crippen LogP contribution in [0.3, 0.4) is 0 Å². The first-order chi connectivity index (χ1) is 8.50. The van der Waals surface area contributed by atoms with E-state index in [9.17, 15) is 8.42 Å². The Hall–Kier alpha value is -1.44. The first-order valence-electron chi connectivity index (χ1n) is 5.13. The summed E-state index contributed by atoms with van der Waals surface area (Å²) in [5, 5.41) is -0.0587. The molecule has 18 heavy (non-hydrogen) atoms. The summed E-state index contributed by atoms with van der Waals surface area (Å²) in [6.07, 6.45) is 4.60. The van der Waals surface area contributed by atoms with Gasteiger partial charge in [-0.05, 0) is 19.1 Å². The monoisotopic (exact) mass is 286 g/mol. The maximum Gasteiger partial charge on any atom is 0.244 e. The van der Waals surface area contributed by atoms with Crippen molar-refractivity contribution in [2.45, 2.75) is 17.9 Å². The largest absolute Gasteiger partial charge is 0.347 e. The predicted octanol–water partition coefficient (Wildman–Crippen LogP) is 1.50. The highest BCUT2D eigenvalue weighted by Gasteiger charge is 2.22. The minimum atomic E-state index is -3.72. The fraction of sp³-hybridized carbons (Fsp3) is 0.200. The van der Waals surface area contributed by atoms with Crippen molar-refractivity contribution in [3.8, 4) is 0 Å². The van der Waals surface area contributed by atoms with E-state index in [1.54, 1.807) is 19.3 Å². The second-order valence-corrected chi connectivity index (χ2v) is 5.65. The van der Waals surface area contributed by atoms with Gasteiger partial charge in [-0.2, -0.15) is 0 Å². The van der Waals surface area contributed by atoms with E-state index in [1.165, 1.54) is 18.3 Å². The van der Waals surface area contributed by atoms with Gasteiger partial charge in [-0.15, -0.1) is 0 Å². The minimum absolute atomic E-state index is 0.0509. The van der Waals surface area contributed by atoms with E-state index >= 15 is 0 Å². The van der Waals surface area contributed by atoms with Crippen LogP contribution in [0, 0.1) is 0 Å². The number of sulfonamides is 1. The molecule has 0 spiro atoms. The third kappa shape index (κ3) is 2.69. The van der Waals surface area contributed by atoms with Gasteiger partial charge in [0.2, 0.25) is 10.0 Å². The van der Waals surface area contributed by atoms with Crippen LogP contribution in [0.2, 0.25) is 5.15 Å². The predicted molar refractivity (Wildman–Crippen MR) is 66.6 cm³/mol. The molecule has 0 aliphatic heterocycles. The number of rotatable bonds is 4. The number of halogens is 1. The molecule has 0 radical (unpaired) electrons. The Labute approximate surface area is 109 Å². The molecule has 8 heteroatoms. The van der Waals surface area contributed by atoms with Crippen molar-refractivity contribution in [2.24, 2.45) is 0 Å². The lowest BCUT2D eigenvalue weighted by Crippen LogP contribution is -2.27. The molecule has 0 amide bonds. The van der Waals surface area contributed by atoms with Crippen LogP contribution < -0.4 is 4.72 Å². The zero-order valence-electron chi connectivity index (χ0n) is 9.46. The van der Waals surface area contributed by atoms with E-state index < -0.39 is 16.1 Å². The van der Waals surface area contributed by atoms with Crippen molar-refractivity contribution >= 4 is 21.6 Å². The smallest absolute Gasteiger partial charge is 0.244 e. The van der Waals surface area contributed by atoms with Gasteiger partial charge in [-0.3, -0.25) is 0 Å². The third-order valence-corrected chi connectivity index (χ3v) is 4.26. The molecule has 2 heterocycles. The number of aromatic amines is 1. The lowest BCUT2D eigenvalue weighted by atomic mass is 10.3. The van der Waals surface area contributed by atoms with Crippen LogP contribution in [-0.2, 0) is 10.0 Å². The van der Waals surface area contributed by atoms with Crippen LogP contribution in [0.1, 0.15) is 18.8 Å². The van der Waals surface area contributed by atoms with Gasteiger partial charge >= 0.3 is 0 Å². The molecule has 0 bridgehead atoms. The molecule has 2 aromatic heterocycles. The molecule has 2 N–H and O–H groups in total. The number of nitrogens with one attached hydrogen (secondary N) is 2. The molecular formula is C10H11ClN4O2S. The van der Waals surface area contributed by atoms with Crippen molar-refractivity contribution in [3.63, 3.8) is 0 Å². The number of aromatic nitrogens is 3. The van der Waals surface area contributed by atoms with Crippen molar-refractivity contribution in [3.05, 3.63) is 41.7 Å². The number of imidazole rings is 1. The molecule has 6 nitrogen and oxygen atoms in total. The van der Waals surface area contributed by atoms with Gasteiger partial charge in [0.25, 0.3) is 0 Å². The van der Waals surface area contributed by atoms with Crippen LogP contribution in [0.15, 0.2) is 35.6 Å². The topological polar surface area (TPSA) is 87.7 Å². The molecule has 96 valence electrons. The molecule has 0 saturated carbocycles. The molecule has 2 rings (SSSR count). The molecule has 1 atom stereocenters. The second kappa shape index (κ2) is 5.05. The molecule has 0 aliphatic rings. The lowest BCUT2D eigenvalue weighted by molar-refractivity contribution is 0.561. The Balaban J connectivity index is 2.26. The Morgan fingerprint density at radius 3 is 2.78 bits per heavy atom. The number of nitrogens with zero attached hydrogens (tertiary/aromatic N) is 2. The summed E-state index contributed by atoms with van der Waals surface area (Å²) in [6, 6.07) is 2.42. The summed E-state index contributed by atoms with van der Waals surface area (Å²) < 4.78 is 26.6. The van der Waals surface area contributed by atoms with Crippen molar-refractivity contribution in [1.29, 1.82) is 0 Å². The average molecular weight is 287 g/mol. The summed E-state index contributed by atoms with van der Waals surface area (Å²) in [4.78, 5) is 10.5. The number of hydrogen-bond acceptors (Lipinski definition) is 4. The van der Waals surface area contributed by atoms with Crippen LogP contribution in [-0.4, -0.2) is 23.4 Å². The van der Waals surface area contributed by atoms with Crippen molar-refractivity contribution in [2.75, 3.05) is 0 Å². The number of hydrogen-bond donors (Lipinski definition) is 2. The fourth-order valence-electron chi connectivity index (χ4n) is 1.44. The molecule has 0 aliphatic carbocycles. The first-order valence-corrected chi connectivity index (χ1v) is 6.99. The van der Waals surface area contributed by atoms with Gasteiger partial charge in [0.15, 0.2) is 0 Å². The van der Waals surface area contributed by atoms with Gasteiger partial charge in [0.05, 0.1) is 6.04 Å². The van der Waals surface area contributed by atoms with Crippen molar-refractivity contribution < 1.29 is 8.42 Å². The maximum atomic E-state index is 12.1. The lowest BCUT2D eigenvalue weighted by Gasteiger charge is -2.12. The van der Waals surface area contributed by atoms with Gasteiger partial charge in [-0.25, -0.2) is 23.1 Å². The summed E-state index contributed by atoms with van der Waals surface area (Å²) in [7, 11) is -3.72. The highest BCUT2D eigenvalue weighted by molar-refractivity contribution is 7.89. The third-order valence-electron chi connectivity index (χ3n) is 2.28. The summed E-state index contributed by atoms with van der Waals surface area (Å²) in [5.41, 5.74) is 0. The van der Waals surface area contributed by atoms with E-state index in [0.717, 1.165) is 0 Å². The average Bonchev–Trinajstić information content (AvgIpc) is 2.82. The van der Waals surface area contributed by atoms with Crippen molar-refractivity contribution in [1.82, 2.24) is 19.7 Å². The molecule has 1 unspecified atom stereocenters. The highest BCUT2D eigenvalue weighted by Crippen LogP contribution is 2.19. The van der Waals surface area contributed by atoms with Gasteiger partial charge < -0.3 is 4.98 Å². The Kier molecular flexibility index (Phi) is 3.65. The first kappa shape index (κ1) is 13.0. The molecule has 0 aromatic carbocycles. The Morgan fingerprint density at radius 2 is 2.17 bits per heavy atom.